The van der Waals surface area contributed by atoms with Crippen molar-refractivity contribution in [1.29, 1.82) is 0 Å². The van der Waals surface area contributed by atoms with Crippen molar-refractivity contribution < 1.29 is 28.4 Å². The molecular weight excluding hydrogens is 1010 g/mol. The molecular formula is C70H61N5O6. The summed E-state index contributed by atoms with van der Waals surface area (Å²) in [5.41, 5.74) is 13.9. The summed E-state index contributed by atoms with van der Waals surface area (Å²) in [6, 6.07) is 79.5. The molecule has 402 valence electrons. The lowest BCUT2D eigenvalue weighted by Crippen LogP contribution is -2.31. The third kappa shape index (κ3) is 9.06. The van der Waals surface area contributed by atoms with Gasteiger partial charge in [-0.15, -0.1) is 0 Å². The van der Waals surface area contributed by atoms with Crippen LogP contribution in [0.5, 0.6) is 34.5 Å². The first kappa shape index (κ1) is 50.5. The second-order valence-corrected chi connectivity index (χ2v) is 20.3. The van der Waals surface area contributed by atoms with Gasteiger partial charge in [0.2, 0.25) is 0 Å². The third-order valence-corrected chi connectivity index (χ3v) is 16.1. The topological polar surface area (TPSA) is 75.0 Å². The fraction of sp³-hybridized carbons (Fsp3) is 0.143. The lowest BCUT2D eigenvalue weighted by molar-refractivity contribution is 0.205. The van der Waals surface area contributed by atoms with Crippen LogP contribution >= 0.6 is 0 Å². The van der Waals surface area contributed by atoms with E-state index in [4.69, 9.17) is 28.4 Å². The molecule has 2 unspecified atom stereocenters. The number of methoxy groups -OCH3 is 6. The van der Waals surface area contributed by atoms with Gasteiger partial charge in [0.1, 0.15) is 34.5 Å². The Morgan fingerprint density at radius 2 is 0.481 bits per heavy atom. The maximum absolute atomic E-state index is 5.63. The summed E-state index contributed by atoms with van der Waals surface area (Å²) in [7, 11) is 10.2. The zero-order chi connectivity index (χ0) is 55.1. The SMILES string of the molecule is COc1ccc(N(c2ccc(OC)cc2)c2ccc3c(c2)c2ccccc2n3C2CCC2n2c3ccc(N(c4ccc(OC)cc4)c4ccc(OC)cc4)cc3c3cc(N(c4ccc(OC)cc4)c4ccc(OC)cc4)ccc32)cc1. The standard InChI is InChI=1S/C70H61N5O6/c1-76-55-26-11-46(12-27-55)71(47-13-28-56(77-2)29-14-47)52-23-38-66-62(43-52)61-9-7-8-10-65(61)74(66)69-41-42-70(69)75-67-39-24-53(72(48-15-30-57(78-3)31-16-48)49-17-32-58(79-4)33-18-49)44-63(67)64-45-54(25-40-68(64)75)73(50-19-34-59(80-5)35-20-50)51-21-36-60(81-6)37-22-51/h7-40,43-45,69-70H,41-42H2,1-6H3. The highest BCUT2D eigenvalue weighted by Crippen LogP contribution is 2.52. The van der Waals surface area contributed by atoms with E-state index in [2.05, 4.69) is 175 Å². The van der Waals surface area contributed by atoms with Crippen molar-refractivity contribution >= 4 is 94.8 Å². The number of para-hydroxylation sites is 1. The highest BCUT2D eigenvalue weighted by molar-refractivity contribution is 6.12. The molecule has 2 heterocycles. The second kappa shape index (κ2) is 21.3. The Bertz CT molecular complexity index is 3900. The number of benzene rings is 10. The summed E-state index contributed by atoms with van der Waals surface area (Å²) in [5, 5.41) is 4.72. The second-order valence-electron chi connectivity index (χ2n) is 20.3. The first-order chi connectivity index (χ1) is 39.9. The minimum atomic E-state index is 0.133. The van der Waals surface area contributed by atoms with E-state index in [9.17, 15) is 0 Å². The summed E-state index contributed by atoms with van der Waals surface area (Å²) in [6.07, 6.45) is 2.03. The summed E-state index contributed by atoms with van der Waals surface area (Å²) >= 11 is 0. The van der Waals surface area contributed by atoms with Gasteiger partial charge in [-0.2, -0.15) is 0 Å². The number of rotatable bonds is 17. The molecule has 2 aromatic heterocycles. The quantitative estimate of drug-likeness (QED) is 0.0886. The van der Waals surface area contributed by atoms with E-state index < -0.39 is 0 Å². The third-order valence-electron chi connectivity index (χ3n) is 16.1. The fourth-order valence-corrected chi connectivity index (χ4v) is 11.9. The molecule has 10 aromatic carbocycles. The number of aromatic nitrogens is 2. The first-order valence-corrected chi connectivity index (χ1v) is 27.2. The Kier molecular flexibility index (Phi) is 13.3. The van der Waals surface area contributed by atoms with Crippen LogP contribution in [0.25, 0.3) is 43.6 Å². The van der Waals surface area contributed by atoms with Crippen LogP contribution in [0.4, 0.5) is 51.2 Å². The van der Waals surface area contributed by atoms with E-state index in [1.807, 2.05) is 72.8 Å². The van der Waals surface area contributed by atoms with E-state index in [0.717, 1.165) is 109 Å². The maximum Gasteiger partial charge on any atom is 0.119 e. The van der Waals surface area contributed by atoms with Gasteiger partial charge in [-0.05, 0) is 219 Å². The highest BCUT2D eigenvalue weighted by atomic mass is 16.5. The monoisotopic (exact) mass is 1070 g/mol. The van der Waals surface area contributed by atoms with Gasteiger partial charge in [0.15, 0.2) is 0 Å². The number of hydrogen-bond acceptors (Lipinski definition) is 9. The van der Waals surface area contributed by atoms with Crippen molar-refractivity contribution in [3.05, 3.63) is 224 Å². The molecule has 0 amide bonds. The van der Waals surface area contributed by atoms with Gasteiger partial charge in [-0.3, -0.25) is 0 Å². The van der Waals surface area contributed by atoms with Crippen molar-refractivity contribution in [3.63, 3.8) is 0 Å². The number of nitrogens with zero attached hydrogens (tertiary/aromatic N) is 5. The van der Waals surface area contributed by atoms with Crippen LogP contribution in [-0.2, 0) is 0 Å². The van der Waals surface area contributed by atoms with Crippen molar-refractivity contribution in [1.82, 2.24) is 9.13 Å². The normalized spacial score (nSPS) is 14.0. The molecule has 1 saturated carbocycles. The zero-order valence-corrected chi connectivity index (χ0v) is 46.1. The summed E-state index contributed by atoms with van der Waals surface area (Å²) in [6.45, 7) is 0. The Hall–Kier alpha value is -10.0. The smallest absolute Gasteiger partial charge is 0.119 e. The van der Waals surface area contributed by atoms with Crippen molar-refractivity contribution in [2.24, 2.45) is 0 Å². The van der Waals surface area contributed by atoms with Gasteiger partial charge < -0.3 is 52.3 Å². The lowest BCUT2D eigenvalue weighted by Gasteiger charge is -2.40. The van der Waals surface area contributed by atoms with E-state index >= 15 is 0 Å². The van der Waals surface area contributed by atoms with Crippen molar-refractivity contribution in [2.45, 2.75) is 24.9 Å². The van der Waals surface area contributed by atoms with Gasteiger partial charge in [0, 0.05) is 94.8 Å². The van der Waals surface area contributed by atoms with Crippen LogP contribution in [0, 0.1) is 0 Å². The van der Waals surface area contributed by atoms with Crippen LogP contribution in [0.3, 0.4) is 0 Å². The van der Waals surface area contributed by atoms with Gasteiger partial charge >= 0.3 is 0 Å². The minimum absolute atomic E-state index is 0.133. The predicted molar refractivity (Wildman–Crippen MR) is 330 cm³/mol. The average molecular weight is 1070 g/mol. The first-order valence-electron chi connectivity index (χ1n) is 27.2. The molecule has 0 spiro atoms. The number of fused-ring (bicyclic) bond motifs is 6. The van der Waals surface area contributed by atoms with Crippen LogP contribution in [0.2, 0.25) is 0 Å². The van der Waals surface area contributed by atoms with E-state index in [1.54, 1.807) is 42.7 Å². The molecule has 11 heteroatoms. The lowest BCUT2D eigenvalue weighted by atomic mass is 9.85. The largest absolute Gasteiger partial charge is 0.497 e. The molecule has 0 N–H and O–H groups in total. The van der Waals surface area contributed by atoms with Gasteiger partial charge in [-0.1, -0.05) is 18.2 Å². The molecule has 0 saturated heterocycles. The van der Waals surface area contributed by atoms with Crippen molar-refractivity contribution in [2.75, 3.05) is 57.4 Å². The summed E-state index contributed by atoms with van der Waals surface area (Å²) < 4.78 is 39.0. The van der Waals surface area contributed by atoms with Crippen LogP contribution in [-0.4, -0.2) is 51.8 Å². The molecule has 0 aliphatic heterocycles. The van der Waals surface area contributed by atoms with Gasteiger partial charge in [-0.25, -0.2) is 0 Å². The number of hydrogen-bond donors (Lipinski definition) is 0. The molecule has 13 rings (SSSR count). The summed E-state index contributed by atoms with van der Waals surface area (Å²) in [5.74, 6) is 4.78. The molecule has 1 fully saturated rings. The van der Waals surface area contributed by atoms with E-state index in [0.29, 0.717) is 0 Å². The van der Waals surface area contributed by atoms with E-state index in [1.165, 1.54) is 32.8 Å². The molecule has 12 aromatic rings. The predicted octanol–water partition coefficient (Wildman–Crippen LogP) is 17.9. The van der Waals surface area contributed by atoms with Gasteiger partial charge in [0.25, 0.3) is 0 Å². The molecule has 2 atom stereocenters. The molecule has 0 radical (unpaired) electrons. The Morgan fingerprint density at radius 3 is 0.728 bits per heavy atom. The highest BCUT2D eigenvalue weighted by Gasteiger charge is 2.38. The van der Waals surface area contributed by atoms with Crippen molar-refractivity contribution in [3.8, 4) is 34.5 Å². The Labute approximate surface area is 471 Å². The van der Waals surface area contributed by atoms with Gasteiger partial charge in [0.05, 0.1) is 54.7 Å². The Morgan fingerprint density at radius 1 is 0.259 bits per heavy atom. The Balaban J connectivity index is 0.987. The van der Waals surface area contributed by atoms with Crippen LogP contribution in [0.15, 0.2) is 224 Å². The molecule has 1 aliphatic rings. The molecule has 0 bridgehead atoms. The average Bonchev–Trinajstić information content (AvgIpc) is 3.99. The fourth-order valence-electron chi connectivity index (χ4n) is 11.9. The van der Waals surface area contributed by atoms with E-state index in [-0.39, 0.29) is 12.1 Å². The summed E-state index contributed by atoms with van der Waals surface area (Å²) in [4.78, 5) is 6.90. The number of anilines is 9. The zero-order valence-electron chi connectivity index (χ0n) is 46.1. The molecule has 1 aliphatic carbocycles. The van der Waals surface area contributed by atoms with Crippen LogP contribution < -0.4 is 43.1 Å². The van der Waals surface area contributed by atoms with Crippen LogP contribution in [0.1, 0.15) is 24.9 Å². The number of ether oxygens (including phenoxy) is 6. The minimum Gasteiger partial charge on any atom is -0.497 e. The molecule has 11 nitrogen and oxygen atoms in total. The maximum atomic E-state index is 5.63. The molecule has 81 heavy (non-hydrogen) atoms.